The van der Waals surface area contributed by atoms with Crippen molar-refractivity contribution in [3.8, 4) is 0 Å². The maximum absolute atomic E-state index is 11.5. The van der Waals surface area contributed by atoms with Gasteiger partial charge in [-0.05, 0) is 0 Å². The number of nitro groups is 1. The van der Waals surface area contributed by atoms with E-state index in [2.05, 4.69) is 15.3 Å². The number of carbonyl (C=O) groups excluding carboxylic acids is 1. The average Bonchev–Trinajstić information content (AvgIpc) is 2.66. The number of aliphatic hydroxyl groups excluding tert-OH is 2. The summed E-state index contributed by atoms with van der Waals surface area (Å²) >= 11 is 0. The molecule has 1 aliphatic heterocycles. The lowest BCUT2D eigenvalue weighted by Gasteiger charge is -2.15. The van der Waals surface area contributed by atoms with Gasteiger partial charge in [-0.25, -0.2) is 9.97 Å². The summed E-state index contributed by atoms with van der Waals surface area (Å²) in [5.74, 6) is -1.39. The maximum atomic E-state index is 11.5. The average molecular weight is 285 g/mol. The smallest absolute Gasteiger partial charge is 0.353 e. The van der Waals surface area contributed by atoms with E-state index in [1.165, 1.54) is 0 Å². The van der Waals surface area contributed by atoms with Crippen molar-refractivity contribution in [2.24, 2.45) is 0 Å². The number of ketones is 1. The lowest BCUT2D eigenvalue weighted by Crippen LogP contribution is -2.33. The van der Waals surface area contributed by atoms with Crippen LogP contribution in [0.15, 0.2) is 6.33 Å². The fourth-order valence-corrected chi connectivity index (χ4v) is 1.72. The summed E-state index contributed by atoms with van der Waals surface area (Å²) in [4.78, 5) is 28.6. The molecule has 1 fully saturated rings. The second-order valence-electron chi connectivity index (χ2n) is 3.93. The SMILES string of the molecule is Nc1ncnc(NC2OC(CO)C(=O)C2O)c1[N+](=O)[O-]. The van der Waals surface area contributed by atoms with Crippen LogP contribution in [0.4, 0.5) is 17.3 Å². The largest absolute Gasteiger partial charge is 0.393 e. The van der Waals surface area contributed by atoms with Crippen molar-refractivity contribution >= 4 is 23.1 Å². The summed E-state index contributed by atoms with van der Waals surface area (Å²) < 4.78 is 5.03. The molecule has 3 atom stereocenters. The van der Waals surface area contributed by atoms with E-state index in [-0.39, 0.29) is 11.6 Å². The van der Waals surface area contributed by atoms with Gasteiger partial charge in [-0.2, -0.15) is 0 Å². The highest BCUT2D eigenvalue weighted by Crippen LogP contribution is 2.28. The van der Waals surface area contributed by atoms with E-state index in [0.717, 1.165) is 6.33 Å². The Bertz CT molecular complexity index is 552. The van der Waals surface area contributed by atoms with Crippen molar-refractivity contribution in [3.63, 3.8) is 0 Å². The Morgan fingerprint density at radius 3 is 2.80 bits per heavy atom. The minimum Gasteiger partial charge on any atom is -0.393 e. The third-order valence-electron chi connectivity index (χ3n) is 2.68. The Morgan fingerprint density at radius 2 is 2.25 bits per heavy atom. The van der Waals surface area contributed by atoms with E-state index in [1.54, 1.807) is 0 Å². The molecule has 0 aromatic carbocycles. The first-order valence-corrected chi connectivity index (χ1v) is 5.45. The number of Topliss-reactive ketones (excluding diaryl/α,β-unsaturated/α-hetero) is 1. The molecule has 11 heteroatoms. The van der Waals surface area contributed by atoms with Crippen LogP contribution in [0.1, 0.15) is 0 Å². The van der Waals surface area contributed by atoms with Crippen LogP contribution in [-0.4, -0.2) is 55.9 Å². The number of nitrogens with two attached hydrogens (primary N) is 1. The summed E-state index contributed by atoms with van der Waals surface area (Å²) in [6, 6.07) is 0. The van der Waals surface area contributed by atoms with Crippen molar-refractivity contribution in [2.45, 2.75) is 18.4 Å². The van der Waals surface area contributed by atoms with Gasteiger partial charge in [-0.15, -0.1) is 0 Å². The zero-order valence-electron chi connectivity index (χ0n) is 9.96. The first-order chi connectivity index (χ1) is 9.45. The molecule has 1 aromatic rings. The van der Waals surface area contributed by atoms with Gasteiger partial charge in [-0.3, -0.25) is 14.9 Å². The fourth-order valence-electron chi connectivity index (χ4n) is 1.72. The predicted octanol–water partition coefficient (Wildman–Crippen LogP) is -1.97. The lowest BCUT2D eigenvalue weighted by molar-refractivity contribution is -0.383. The number of ether oxygens (including phenoxy) is 1. The van der Waals surface area contributed by atoms with E-state index in [4.69, 9.17) is 15.6 Å². The van der Waals surface area contributed by atoms with E-state index in [9.17, 15) is 20.0 Å². The predicted molar refractivity (Wildman–Crippen MR) is 63.5 cm³/mol. The van der Waals surface area contributed by atoms with Gasteiger partial charge in [0, 0.05) is 0 Å². The number of carbonyl (C=O) groups is 1. The standard InChI is InChI=1S/C9H11N5O6/c10-7-4(14(18)19)8(12-2-11-7)13-9-6(17)5(16)3(1-15)20-9/h2-3,6,9,15,17H,1H2,(H3,10,11,12,13). The van der Waals surface area contributed by atoms with Gasteiger partial charge < -0.3 is 26.0 Å². The summed E-state index contributed by atoms with van der Waals surface area (Å²) in [5.41, 5.74) is 4.77. The molecule has 108 valence electrons. The van der Waals surface area contributed by atoms with Crippen LogP contribution in [0.2, 0.25) is 0 Å². The summed E-state index contributed by atoms with van der Waals surface area (Å²) in [6.45, 7) is -0.609. The molecule has 0 amide bonds. The van der Waals surface area contributed by atoms with E-state index in [1.807, 2.05) is 0 Å². The van der Waals surface area contributed by atoms with Gasteiger partial charge in [0.15, 0.2) is 18.1 Å². The quantitative estimate of drug-likeness (QED) is 0.358. The Kier molecular flexibility index (Phi) is 3.74. The molecule has 5 N–H and O–H groups in total. The minimum atomic E-state index is -1.58. The molecular formula is C9H11N5O6. The van der Waals surface area contributed by atoms with Crippen LogP contribution in [-0.2, 0) is 9.53 Å². The van der Waals surface area contributed by atoms with Crippen molar-refractivity contribution < 1.29 is 24.7 Å². The first kappa shape index (κ1) is 14.0. The highest BCUT2D eigenvalue weighted by molar-refractivity contribution is 5.90. The van der Waals surface area contributed by atoms with Crippen molar-refractivity contribution in [1.29, 1.82) is 0 Å². The zero-order valence-corrected chi connectivity index (χ0v) is 9.96. The summed E-state index contributed by atoms with van der Waals surface area (Å²) in [6.07, 6.45) is -3.06. The molecule has 2 rings (SSSR count). The summed E-state index contributed by atoms with van der Waals surface area (Å²) in [5, 5.41) is 31.8. The normalized spacial score (nSPS) is 25.7. The van der Waals surface area contributed by atoms with Crippen molar-refractivity contribution in [2.75, 3.05) is 17.7 Å². The Labute approximate surface area is 111 Å². The molecule has 1 aromatic heterocycles. The Morgan fingerprint density at radius 1 is 1.55 bits per heavy atom. The minimum absolute atomic E-state index is 0.294. The molecule has 11 nitrogen and oxygen atoms in total. The Balaban J connectivity index is 2.25. The highest BCUT2D eigenvalue weighted by atomic mass is 16.6. The van der Waals surface area contributed by atoms with Crippen LogP contribution >= 0.6 is 0 Å². The molecule has 0 aliphatic carbocycles. The first-order valence-electron chi connectivity index (χ1n) is 5.45. The van der Waals surface area contributed by atoms with Gasteiger partial charge in [0.1, 0.15) is 12.4 Å². The van der Waals surface area contributed by atoms with Gasteiger partial charge in [0.05, 0.1) is 11.5 Å². The number of hydrogen-bond donors (Lipinski definition) is 4. The van der Waals surface area contributed by atoms with Crippen LogP contribution in [0, 0.1) is 10.1 Å². The van der Waals surface area contributed by atoms with Crippen molar-refractivity contribution in [3.05, 3.63) is 16.4 Å². The molecule has 0 bridgehead atoms. The van der Waals surface area contributed by atoms with Crippen molar-refractivity contribution in [1.82, 2.24) is 9.97 Å². The number of aliphatic hydroxyl groups is 2. The van der Waals surface area contributed by atoms with Gasteiger partial charge >= 0.3 is 5.69 Å². The number of aromatic nitrogens is 2. The van der Waals surface area contributed by atoms with Gasteiger partial charge in [0.2, 0.25) is 11.6 Å². The fraction of sp³-hybridized carbons (Fsp3) is 0.444. The van der Waals surface area contributed by atoms with E-state index in [0.29, 0.717) is 0 Å². The number of nitrogen functional groups attached to an aromatic ring is 1. The molecule has 0 radical (unpaired) electrons. The zero-order chi connectivity index (χ0) is 14.9. The number of anilines is 2. The lowest BCUT2D eigenvalue weighted by atomic mass is 10.2. The highest BCUT2D eigenvalue weighted by Gasteiger charge is 2.43. The maximum Gasteiger partial charge on any atom is 0.353 e. The number of nitrogens with one attached hydrogen (secondary N) is 1. The molecule has 0 spiro atoms. The monoisotopic (exact) mass is 285 g/mol. The summed E-state index contributed by atoms with van der Waals surface area (Å²) in [7, 11) is 0. The number of rotatable bonds is 4. The molecule has 3 unspecified atom stereocenters. The van der Waals surface area contributed by atoms with Crippen LogP contribution in [0.3, 0.4) is 0 Å². The molecule has 1 aliphatic rings. The van der Waals surface area contributed by atoms with Crippen LogP contribution in [0.25, 0.3) is 0 Å². The second kappa shape index (κ2) is 5.32. The van der Waals surface area contributed by atoms with E-state index < -0.39 is 41.4 Å². The topological polar surface area (TPSA) is 174 Å². The van der Waals surface area contributed by atoms with Gasteiger partial charge in [-0.1, -0.05) is 0 Å². The third kappa shape index (κ3) is 2.36. The number of hydrogen-bond acceptors (Lipinski definition) is 10. The van der Waals surface area contributed by atoms with Crippen LogP contribution < -0.4 is 11.1 Å². The molecule has 20 heavy (non-hydrogen) atoms. The number of nitrogens with zero attached hydrogens (tertiary/aromatic N) is 3. The van der Waals surface area contributed by atoms with Gasteiger partial charge in [0.25, 0.3) is 0 Å². The molecule has 0 saturated carbocycles. The third-order valence-corrected chi connectivity index (χ3v) is 2.68. The molecule has 1 saturated heterocycles. The second-order valence-corrected chi connectivity index (χ2v) is 3.93. The van der Waals surface area contributed by atoms with E-state index >= 15 is 0 Å². The molecular weight excluding hydrogens is 274 g/mol. The Hall–Kier alpha value is -2.37. The van der Waals surface area contributed by atoms with Crippen LogP contribution in [0.5, 0.6) is 0 Å². The molecule has 2 heterocycles.